The second-order valence-corrected chi connectivity index (χ2v) is 4.13. The maximum Gasteiger partial charge on any atom is 0.219 e. The summed E-state index contributed by atoms with van der Waals surface area (Å²) in [6.07, 6.45) is 1.71. The monoisotopic (exact) mass is 251 g/mol. The van der Waals surface area contributed by atoms with Crippen molar-refractivity contribution in [1.29, 1.82) is 0 Å². The Balaban J connectivity index is 2.25. The second-order valence-electron chi connectivity index (χ2n) is 3.86. The van der Waals surface area contributed by atoms with Gasteiger partial charge in [0.1, 0.15) is 5.69 Å². The second kappa shape index (κ2) is 4.75. The fourth-order valence-corrected chi connectivity index (χ4v) is 1.71. The van der Waals surface area contributed by atoms with Crippen LogP contribution in [0.3, 0.4) is 0 Å². The molecular formula is C12H14ClN3O. The molecule has 2 aromatic rings. The van der Waals surface area contributed by atoms with E-state index in [1.54, 1.807) is 10.9 Å². The molecule has 5 heteroatoms. The van der Waals surface area contributed by atoms with E-state index in [9.17, 15) is 0 Å². The number of halogens is 1. The van der Waals surface area contributed by atoms with Crippen molar-refractivity contribution in [1.82, 2.24) is 14.8 Å². The van der Waals surface area contributed by atoms with Crippen molar-refractivity contribution in [2.75, 3.05) is 0 Å². The molecule has 0 N–H and O–H groups in total. The summed E-state index contributed by atoms with van der Waals surface area (Å²) < 4.78 is 7.51. The minimum atomic E-state index is 0.457. The van der Waals surface area contributed by atoms with E-state index in [2.05, 4.69) is 10.1 Å². The number of rotatable bonds is 3. The Morgan fingerprint density at radius 1 is 1.35 bits per heavy atom. The molecule has 0 aliphatic rings. The zero-order chi connectivity index (χ0) is 12.4. The summed E-state index contributed by atoms with van der Waals surface area (Å²) in [5.74, 6) is 1.77. The van der Waals surface area contributed by atoms with Gasteiger partial charge in [0.05, 0.1) is 5.69 Å². The topological polar surface area (TPSA) is 39.9 Å². The molecule has 0 radical (unpaired) electrons. The van der Waals surface area contributed by atoms with Crippen LogP contribution < -0.4 is 4.74 Å². The van der Waals surface area contributed by atoms with Crippen molar-refractivity contribution in [3.63, 3.8) is 0 Å². The highest BCUT2D eigenvalue weighted by molar-refractivity contribution is 6.17. The lowest BCUT2D eigenvalue weighted by Gasteiger charge is -2.05. The number of nitrogens with zero attached hydrogens (tertiary/aromatic N) is 3. The van der Waals surface area contributed by atoms with Crippen LogP contribution in [0, 0.1) is 13.8 Å². The zero-order valence-corrected chi connectivity index (χ0v) is 10.8. The SMILES string of the molecule is Cc1nn(C)c(C)c1Oc1ccc(CCl)cn1. The van der Waals surface area contributed by atoms with Crippen molar-refractivity contribution in [3.05, 3.63) is 35.3 Å². The van der Waals surface area contributed by atoms with Gasteiger partial charge in [0.15, 0.2) is 5.75 Å². The van der Waals surface area contributed by atoms with Gasteiger partial charge in [-0.2, -0.15) is 5.10 Å². The molecule has 0 atom stereocenters. The Hall–Kier alpha value is -1.55. The number of hydrogen-bond donors (Lipinski definition) is 0. The van der Waals surface area contributed by atoms with Gasteiger partial charge < -0.3 is 4.74 Å². The summed E-state index contributed by atoms with van der Waals surface area (Å²) in [7, 11) is 1.89. The first-order chi connectivity index (χ1) is 8.11. The first kappa shape index (κ1) is 11.9. The fraction of sp³-hybridized carbons (Fsp3) is 0.333. The van der Waals surface area contributed by atoms with E-state index in [0.717, 1.165) is 22.7 Å². The first-order valence-corrected chi connectivity index (χ1v) is 5.84. The number of aryl methyl sites for hydroxylation is 2. The third kappa shape index (κ3) is 2.42. The number of hydrogen-bond acceptors (Lipinski definition) is 3. The van der Waals surface area contributed by atoms with Crippen LogP contribution in [0.25, 0.3) is 0 Å². The average Bonchev–Trinajstić information content (AvgIpc) is 2.57. The van der Waals surface area contributed by atoms with E-state index in [-0.39, 0.29) is 0 Å². The molecule has 0 aliphatic heterocycles. The lowest BCUT2D eigenvalue weighted by atomic mass is 10.3. The summed E-state index contributed by atoms with van der Waals surface area (Å²) in [5.41, 5.74) is 2.80. The van der Waals surface area contributed by atoms with Crippen LogP contribution in [0.4, 0.5) is 0 Å². The fourth-order valence-electron chi connectivity index (χ4n) is 1.56. The minimum absolute atomic E-state index is 0.457. The Kier molecular flexibility index (Phi) is 3.33. The molecule has 2 aromatic heterocycles. The lowest BCUT2D eigenvalue weighted by molar-refractivity contribution is 0.455. The molecule has 2 heterocycles. The maximum absolute atomic E-state index is 5.72. The molecule has 0 saturated heterocycles. The smallest absolute Gasteiger partial charge is 0.219 e. The lowest BCUT2D eigenvalue weighted by Crippen LogP contribution is -1.94. The van der Waals surface area contributed by atoms with Crippen molar-refractivity contribution in [3.8, 4) is 11.6 Å². The van der Waals surface area contributed by atoms with Crippen molar-refractivity contribution < 1.29 is 4.74 Å². The molecule has 0 aromatic carbocycles. The number of pyridine rings is 1. The molecule has 4 nitrogen and oxygen atoms in total. The molecule has 0 amide bonds. The maximum atomic E-state index is 5.72. The summed E-state index contributed by atoms with van der Waals surface area (Å²) in [6, 6.07) is 3.71. The summed E-state index contributed by atoms with van der Waals surface area (Å²) in [6.45, 7) is 3.87. The highest BCUT2D eigenvalue weighted by Crippen LogP contribution is 2.26. The molecule has 2 rings (SSSR count). The molecule has 0 bridgehead atoms. The Morgan fingerprint density at radius 3 is 2.59 bits per heavy atom. The van der Waals surface area contributed by atoms with Gasteiger partial charge in [-0.25, -0.2) is 4.98 Å². The van der Waals surface area contributed by atoms with Crippen LogP contribution in [0.5, 0.6) is 11.6 Å². The molecule has 90 valence electrons. The molecule has 0 spiro atoms. The minimum Gasteiger partial charge on any atom is -0.435 e. The Bertz CT molecular complexity index is 519. The predicted molar refractivity (Wildman–Crippen MR) is 66.6 cm³/mol. The van der Waals surface area contributed by atoms with Crippen molar-refractivity contribution in [2.24, 2.45) is 7.05 Å². The standard InChI is InChI=1S/C12H14ClN3O/c1-8-12(9(2)16(3)15-8)17-11-5-4-10(6-13)7-14-11/h4-5,7H,6H2,1-3H3. The normalized spacial score (nSPS) is 10.6. The number of alkyl halides is 1. The molecule has 0 fully saturated rings. The Labute approximate surface area is 105 Å². The Morgan fingerprint density at radius 2 is 2.12 bits per heavy atom. The van der Waals surface area contributed by atoms with E-state index in [1.807, 2.05) is 33.0 Å². The van der Waals surface area contributed by atoms with Crippen LogP contribution in [-0.2, 0) is 12.9 Å². The third-order valence-corrected chi connectivity index (χ3v) is 2.91. The van der Waals surface area contributed by atoms with Crippen LogP contribution in [0.1, 0.15) is 17.0 Å². The average molecular weight is 252 g/mol. The van der Waals surface area contributed by atoms with E-state index < -0.39 is 0 Å². The zero-order valence-electron chi connectivity index (χ0n) is 10.1. The molecule has 0 aliphatic carbocycles. The van der Waals surface area contributed by atoms with Crippen LogP contribution in [0.2, 0.25) is 0 Å². The number of aromatic nitrogens is 3. The molecule has 17 heavy (non-hydrogen) atoms. The van der Waals surface area contributed by atoms with Gasteiger partial charge >= 0.3 is 0 Å². The van der Waals surface area contributed by atoms with E-state index in [1.165, 1.54) is 0 Å². The number of ether oxygens (including phenoxy) is 1. The van der Waals surface area contributed by atoms with Crippen molar-refractivity contribution in [2.45, 2.75) is 19.7 Å². The molecule has 0 unspecified atom stereocenters. The highest BCUT2D eigenvalue weighted by Gasteiger charge is 2.11. The molecular weight excluding hydrogens is 238 g/mol. The third-order valence-electron chi connectivity index (χ3n) is 2.60. The van der Waals surface area contributed by atoms with Gasteiger partial charge in [0.25, 0.3) is 0 Å². The highest BCUT2D eigenvalue weighted by atomic mass is 35.5. The van der Waals surface area contributed by atoms with Crippen LogP contribution in [-0.4, -0.2) is 14.8 Å². The van der Waals surface area contributed by atoms with Gasteiger partial charge in [-0.3, -0.25) is 4.68 Å². The van der Waals surface area contributed by atoms with Crippen LogP contribution >= 0.6 is 11.6 Å². The van der Waals surface area contributed by atoms with E-state index in [4.69, 9.17) is 16.3 Å². The van der Waals surface area contributed by atoms with Gasteiger partial charge in [-0.05, 0) is 19.4 Å². The summed E-state index contributed by atoms with van der Waals surface area (Å²) >= 11 is 5.70. The summed E-state index contributed by atoms with van der Waals surface area (Å²) in [5, 5.41) is 4.28. The van der Waals surface area contributed by atoms with E-state index >= 15 is 0 Å². The predicted octanol–water partition coefficient (Wildman–Crippen LogP) is 2.96. The summed E-state index contributed by atoms with van der Waals surface area (Å²) in [4.78, 5) is 4.19. The molecule has 0 saturated carbocycles. The first-order valence-electron chi connectivity index (χ1n) is 5.30. The van der Waals surface area contributed by atoms with Gasteiger partial charge in [0, 0.05) is 25.2 Å². The van der Waals surface area contributed by atoms with Gasteiger partial charge in [-0.1, -0.05) is 6.07 Å². The quantitative estimate of drug-likeness (QED) is 0.788. The van der Waals surface area contributed by atoms with Crippen LogP contribution in [0.15, 0.2) is 18.3 Å². The largest absolute Gasteiger partial charge is 0.435 e. The van der Waals surface area contributed by atoms with Gasteiger partial charge in [0.2, 0.25) is 5.88 Å². The van der Waals surface area contributed by atoms with Gasteiger partial charge in [-0.15, -0.1) is 11.6 Å². The van der Waals surface area contributed by atoms with E-state index in [0.29, 0.717) is 11.8 Å². The van der Waals surface area contributed by atoms with Crippen molar-refractivity contribution >= 4 is 11.6 Å².